The molecule has 1 nitrogen and oxygen atoms in total. The summed E-state index contributed by atoms with van der Waals surface area (Å²) in [5.41, 5.74) is 15.5. The van der Waals surface area contributed by atoms with Gasteiger partial charge in [0.05, 0.1) is 5.69 Å². The molecule has 7 rings (SSSR count). The number of fused-ring (bicyclic) bond motifs is 8. The first-order valence-electron chi connectivity index (χ1n) is 15.4. The fourth-order valence-electron chi connectivity index (χ4n) is 7.56. The molecular formula is C42H39N. The average molecular weight is 558 g/mol. The second kappa shape index (κ2) is 9.71. The molecule has 5 aromatic rings. The third-order valence-electron chi connectivity index (χ3n) is 9.79. The van der Waals surface area contributed by atoms with Crippen LogP contribution < -0.4 is 4.90 Å². The number of aryl methyl sites for hydroxylation is 1. The molecule has 0 bridgehead atoms. The highest BCUT2D eigenvalue weighted by Crippen LogP contribution is 2.58. The van der Waals surface area contributed by atoms with E-state index < -0.39 is 0 Å². The number of benzene rings is 5. The highest BCUT2D eigenvalue weighted by molar-refractivity contribution is 6.10. The fraction of sp³-hybridized carbons (Fsp3) is 0.190. The van der Waals surface area contributed by atoms with Crippen molar-refractivity contribution >= 4 is 22.1 Å². The third-order valence-corrected chi connectivity index (χ3v) is 9.79. The van der Waals surface area contributed by atoms with E-state index in [1.807, 2.05) is 6.08 Å². The van der Waals surface area contributed by atoms with Crippen molar-refractivity contribution in [1.29, 1.82) is 0 Å². The Labute approximate surface area is 256 Å². The van der Waals surface area contributed by atoms with Gasteiger partial charge in [0.2, 0.25) is 0 Å². The lowest BCUT2D eigenvalue weighted by Gasteiger charge is -2.30. The van der Waals surface area contributed by atoms with Crippen molar-refractivity contribution in [3.8, 4) is 22.3 Å². The van der Waals surface area contributed by atoms with Crippen molar-refractivity contribution in [3.63, 3.8) is 0 Å². The third kappa shape index (κ3) is 3.91. The molecule has 0 aromatic heterocycles. The monoisotopic (exact) mass is 557 g/mol. The first kappa shape index (κ1) is 27.2. The van der Waals surface area contributed by atoms with Crippen molar-refractivity contribution in [2.45, 2.75) is 52.4 Å². The van der Waals surface area contributed by atoms with E-state index in [1.165, 1.54) is 66.5 Å². The molecule has 0 aliphatic heterocycles. The van der Waals surface area contributed by atoms with Gasteiger partial charge in [-0.1, -0.05) is 107 Å². The quantitative estimate of drug-likeness (QED) is 0.194. The molecule has 0 spiro atoms. The lowest BCUT2D eigenvalue weighted by atomic mass is 9.79. The first-order chi connectivity index (χ1) is 20.7. The number of allylic oxidation sites excluding steroid dienone is 4. The molecule has 0 saturated carbocycles. The molecule has 0 unspecified atom stereocenters. The van der Waals surface area contributed by atoms with Gasteiger partial charge in [-0.25, -0.2) is 0 Å². The zero-order chi connectivity index (χ0) is 30.1. The average Bonchev–Trinajstić information content (AvgIpc) is 3.37. The summed E-state index contributed by atoms with van der Waals surface area (Å²) < 4.78 is 0. The van der Waals surface area contributed by atoms with Crippen LogP contribution in [0.4, 0.5) is 11.4 Å². The smallest absolute Gasteiger partial charge is 0.0543 e. The topological polar surface area (TPSA) is 3.24 Å². The van der Waals surface area contributed by atoms with Crippen LogP contribution in [0.1, 0.15) is 62.4 Å². The van der Waals surface area contributed by atoms with Gasteiger partial charge in [-0.2, -0.15) is 0 Å². The molecule has 2 aliphatic carbocycles. The van der Waals surface area contributed by atoms with Gasteiger partial charge >= 0.3 is 0 Å². The first-order valence-corrected chi connectivity index (χ1v) is 15.4. The summed E-state index contributed by atoms with van der Waals surface area (Å²) in [6.45, 7) is 18.0. The van der Waals surface area contributed by atoms with E-state index in [1.54, 1.807) is 0 Å². The SMILES string of the molecule is C=C/C(=C\C=C/C)N(c1cccc(C)c1)c1cc2c(c3ccccc13)-c1cc3c(cc1C2(C)C)-c1ccccc1C3(C)C. The number of anilines is 2. The molecule has 212 valence electrons. The largest absolute Gasteiger partial charge is 0.310 e. The number of hydrogen-bond acceptors (Lipinski definition) is 1. The Morgan fingerprint density at radius 2 is 1.35 bits per heavy atom. The maximum atomic E-state index is 4.25. The van der Waals surface area contributed by atoms with E-state index in [0.717, 1.165) is 11.4 Å². The Hall–Kier alpha value is -4.62. The van der Waals surface area contributed by atoms with E-state index in [2.05, 4.69) is 162 Å². The van der Waals surface area contributed by atoms with Crippen LogP contribution in [0.2, 0.25) is 0 Å². The Morgan fingerprint density at radius 3 is 2.09 bits per heavy atom. The second-order valence-corrected chi connectivity index (χ2v) is 13.1. The van der Waals surface area contributed by atoms with Crippen LogP contribution in [0.5, 0.6) is 0 Å². The minimum atomic E-state index is -0.167. The molecular weight excluding hydrogens is 518 g/mol. The van der Waals surface area contributed by atoms with Gasteiger partial charge in [0.15, 0.2) is 0 Å². The van der Waals surface area contributed by atoms with Gasteiger partial charge in [0.1, 0.15) is 0 Å². The van der Waals surface area contributed by atoms with Gasteiger partial charge in [-0.3, -0.25) is 0 Å². The molecule has 2 aliphatic rings. The van der Waals surface area contributed by atoms with E-state index in [4.69, 9.17) is 0 Å². The highest BCUT2D eigenvalue weighted by atomic mass is 15.1. The lowest BCUT2D eigenvalue weighted by molar-refractivity contribution is 0.652. The predicted octanol–water partition coefficient (Wildman–Crippen LogP) is 11.5. The van der Waals surface area contributed by atoms with E-state index in [-0.39, 0.29) is 10.8 Å². The zero-order valence-electron chi connectivity index (χ0n) is 26.1. The standard InChI is InChI=1S/C42H39N/c1-8-10-17-28(9-2)43(29-18-15-16-27(3)23-29)39-26-38-40(32-21-12-11-20-31(32)39)34-25-36-33(24-37(34)42(38,6)7)30-19-13-14-22-35(30)41(36,4)5/h8-26H,2H2,1,3-7H3/b10-8-,28-17+. The minimum Gasteiger partial charge on any atom is -0.310 e. The Morgan fingerprint density at radius 1 is 0.674 bits per heavy atom. The van der Waals surface area contributed by atoms with Crippen LogP contribution in [0.25, 0.3) is 33.0 Å². The van der Waals surface area contributed by atoms with Gasteiger partial charge in [-0.05, 0) is 112 Å². The van der Waals surface area contributed by atoms with Crippen molar-refractivity contribution in [2.75, 3.05) is 4.90 Å². The molecule has 5 aromatic carbocycles. The number of hydrogen-bond donors (Lipinski definition) is 0. The van der Waals surface area contributed by atoms with Gasteiger partial charge in [0.25, 0.3) is 0 Å². The van der Waals surface area contributed by atoms with Crippen LogP contribution >= 0.6 is 0 Å². The van der Waals surface area contributed by atoms with Crippen LogP contribution in [0.15, 0.2) is 128 Å². The Bertz CT molecular complexity index is 2010. The van der Waals surface area contributed by atoms with Gasteiger partial charge in [-0.15, -0.1) is 0 Å². The summed E-state index contributed by atoms with van der Waals surface area (Å²) >= 11 is 0. The minimum absolute atomic E-state index is 0.0397. The highest BCUT2D eigenvalue weighted by Gasteiger charge is 2.42. The molecule has 0 heterocycles. The summed E-state index contributed by atoms with van der Waals surface area (Å²) in [7, 11) is 0. The molecule has 0 saturated heterocycles. The van der Waals surface area contributed by atoms with Crippen molar-refractivity contribution in [1.82, 2.24) is 0 Å². The summed E-state index contributed by atoms with van der Waals surface area (Å²) in [6.07, 6.45) is 8.28. The number of rotatable bonds is 5. The molecule has 0 radical (unpaired) electrons. The maximum Gasteiger partial charge on any atom is 0.0543 e. The van der Waals surface area contributed by atoms with Crippen LogP contribution in [-0.4, -0.2) is 0 Å². The van der Waals surface area contributed by atoms with E-state index in [0.29, 0.717) is 0 Å². The van der Waals surface area contributed by atoms with E-state index in [9.17, 15) is 0 Å². The van der Waals surface area contributed by atoms with Crippen LogP contribution in [-0.2, 0) is 10.8 Å². The number of nitrogens with zero attached hydrogens (tertiary/aromatic N) is 1. The summed E-state index contributed by atoms with van der Waals surface area (Å²) in [5, 5.41) is 2.53. The molecule has 0 fully saturated rings. The van der Waals surface area contributed by atoms with Crippen molar-refractivity contribution < 1.29 is 0 Å². The zero-order valence-corrected chi connectivity index (χ0v) is 26.1. The second-order valence-electron chi connectivity index (χ2n) is 13.1. The fourth-order valence-corrected chi connectivity index (χ4v) is 7.56. The normalized spacial score (nSPS) is 15.7. The Balaban J connectivity index is 1.54. The van der Waals surface area contributed by atoms with Gasteiger partial charge in [0, 0.05) is 27.6 Å². The van der Waals surface area contributed by atoms with Crippen molar-refractivity contribution in [3.05, 3.63) is 155 Å². The van der Waals surface area contributed by atoms with Gasteiger partial charge < -0.3 is 4.90 Å². The Kier molecular flexibility index (Phi) is 6.15. The van der Waals surface area contributed by atoms with Crippen LogP contribution in [0, 0.1) is 6.92 Å². The summed E-state index contributed by atoms with van der Waals surface area (Å²) in [5.74, 6) is 0. The van der Waals surface area contributed by atoms with Crippen molar-refractivity contribution in [2.24, 2.45) is 0 Å². The summed E-state index contributed by atoms with van der Waals surface area (Å²) in [6, 6.07) is 34.1. The molecule has 0 N–H and O–H groups in total. The lowest BCUT2D eigenvalue weighted by Crippen LogP contribution is -2.19. The predicted molar refractivity (Wildman–Crippen MR) is 185 cm³/mol. The summed E-state index contributed by atoms with van der Waals surface area (Å²) in [4.78, 5) is 2.38. The molecule has 43 heavy (non-hydrogen) atoms. The molecule has 1 heteroatoms. The maximum absolute atomic E-state index is 4.25. The van der Waals surface area contributed by atoms with Crippen LogP contribution in [0.3, 0.4) is 0 Å². The molecule has 0 amide bonds. The van der Waals surface area contributed by atoms with E-state index >= 15 is 0 Å². The molecule has 0 atom stereocenters.